The summed E-state index contributed by atoms with van der Waals surface area (Å²) in [5.74, 6) is -1.29. The van der Waals surface area contributed by atoms with Gasteiger partial charge in [0.1, 0.15) is 11.7 Å². The lowest BCUT2D eigenvalue weighted by Gasteiger charge is -2.26. The largest absolute Gasteiger partial charge is 0.457 e. The lowest BCUT2D eigenvalue weighted by atomic mass is 9.87. The van der Waals surface area contributed by atoms with Gasteiger partial charge in [-0.15, -0.1) is 0 Å². The first kappa shape index (κ1) is 17.6. The van der Waals surface area contributed by atoms with Gasteiger partial charge in [-0.25, -0.2) is 4.79 Å². The molecule has 0 bridgehead atoms. The minimum Gasteiger partial charge on any atom is -0.457 e. The van der Waals surface area contributed by atoms with Crippen LogP contribution >= 0.6 is 0 Å². The minimum absolute atomic E-state index is 0.336. The van der Waals surface area contributed by atoms with E-state index < -0.39 is 29.0 Å². The molecule has 0 aromatic carbocycles. The van der Waals surface area contributed by atoms with Crippen molar-refractivity contribution in [2.45, 2.75) is 46.3 Å². The maximum atomic E-state index is 11.5. The molecule has 0 aliphatic rings. The molecule has 0 aromatic heterocycles. The lowest BCUT2D eigenvalue weighted by molar-refractivity contribution is -0.148. The molecule has 3 N–H and O–H groups in total. The number of aliphatic hydroxyl groups is 2. The minimum atomic E-state index is -1.37. The van der Waals surface area contributed by atoms with E-state index in [9.17, 15) is 14.7 Å². The number of aliphatic hydroxyl groups excluding tert-OH is 2. The Kier molecular flexibility index (Phi) is 6.18. The zero-order valence-electron chi connectivity index (χ0n) is 12.1. The molecule has 0 radical (unpaired) electrons. The van der Waals surface area contributed by atoms with Crippen molar-refractivity contribution in [2.24, 2.45) is 5.41 Å². The van der Waals surface area contributed by atoms with Gasteiger partial charge in [0, 0.05) is 17.7 Å². The van der Waals surface area contributed by atoms with Gasteiger partial charge in [-0.3, -0.25) is 4.79 Å². The third-order valence-corrected chi connectivity index (χ3v) is 2.25. The van der Waals surface area contributed by atoms with E-state index in [1.807, 2.05) is 0 Å². The van der Waals surface area contributed by atoms with Gasteiger partial charge in [0.25, 0.3) is 5.91 Å². The molecule has 0 saturated carbocycles. The topological polar surface area (TPSA) is 95.9 Å². The van der Waals surface area contributed by atoms with Gasteiger partial charge in [0.15, 0.2) is 0 Å². The van der Waals surface area contributed by atoms with Gasteiger partial charge in [0.05, 0.1) is 6.61 Å². The summed E-state index contributed by atoms with van der Waals surface area (Å²) in [4.78, 5) is 22.8. The van der Waals surface area contributed by atoms with Gasteiger partial charge < -0.3 is 20.3 Å². The van der Waals surface area contributed by atoms with Crippen LogP contribution in [0.15, 0.2) is 12.3 Å². The van der Waals surface area contributed by atoms with Crippen molar-refractivity contribution >= 4 is 11.9 Å². The Bertz CT molecular complexity index is 355. The summed E-state index contributed by atoms with van der Waals surface area (Å²) in [7, 11) is 0. The first-order chi connectivity index (χ1) is 8.49. The van der Waals surface area contributed by atoms with Crippen LogP contribution in [0, 0.1) is 5.41 Å². The summed E-state index contributed by atoms with van der Waals surface area (Å²) >= 11 is 0. The summed E-state index contributed by atoms with van der Waals surface area (Å²) in [5.41, 5.74) is -1.56. The fraction of sp³-hybridized carbons (Fsp3) is 0.692. The average Bonchev–Trinajstić information content (AvgIpc) is 2.25. The summed E-state index contributed by atoms with van der Waals surface area (Å²) in [6, 6.07) is 0. The highest BCUT2D eigenvalue weighted by Gasteiger charge is 2.32. The molecule has 0 unspecified atom stereocenters. The van der Waals surface area contributed by atoms with Crippen LogP contribution in [0.5, 0.6) is 0 Å². The second-order valence-corrected chi connectivity index (χ2v) is 5.92. The SMILES string of the molecule is CC(C)(C)OC(=O)/C=C\NC(=O)[C@@H](O)C(C)(C)CO. The normalized spacial score (nSPS) is 14.3. The molecule has 0 aromatic rings. The molecule has 6 heteroatoms. The molecular formula is C13H23NO5. The smallest absolute Gasteiger partial charge is 0.332 e. The predicted molar refractivity (Wildman–Crippen MR) is 70.0 cm³/mol. The fourth-order valence-corrected chi connectivity index (χ4v) is 1.05. The van der Waals surface area contributed by atoms with Crippen LogP contribution in [0.3, 0.4) is 0 Å². The Morgan fingerprint density at radius 2 is 1.79 bits per heavy atom. The Morgan fingerprint density at radius 1 is 1.26 bits per heavy atom. The van der Waals surface area contributed by atoms with Crippen molar-refractivity contribution in [3.63, 3.8) is 0 Å². The molecule has 0 saturated heterocycles. The highest BCUT2D eigenvalue weighted by molar-refractivity contribution is 5.85. The number of rotatable bonds is 5. The van der Waals surface area contributed by atoms with Crippen molar-refractivity contribution < 1.29 is 24.5 Å². The summed E-state index contributed by atoms with van der Waals surface area (Å²) in [6.45, 7) is 7.95. The third-order valence-electron chi connectivity index (χ3n) is 2.25. The van der Waals surface area contributed by atoms with Crippen molar-refractivity contribution in [2.75, 3.05) is 6.61 Å². The van der Waals surface area contributed by atoms with E-state index in [1.165, 1.54) is 0 Å². The highest BCUT2D eigenvalue weighted by Crippen LogP contribution is 2.19. The van der Waals surface area contributed by atoms with E-state index in [-0.39, 0.29) is 6.61 Å². The average molecular weight is 273 g/mol. The van der Waals surface area contributed by atoms with Crippen LogP contribution in [-0.4, -0.2) is 40.4 Å². The second kappa shape index (κ2) is 6.68. The molecule has 19 heavy (non-hydrogen) atoms. The fourth-order valence-electron chi connectivity index (χ4n) is 1.05. The Labute approximate surface area is 113 Å². The van der Waals surface area contributed by atoms with Crippen LogP contribution < -0.4 is 5.32 Å². The third kappa shape index (κ3) is 6.93. The van der Waals surface area contributed by atoms with E-state index in [0.717, 1.165) is 12.3 Å². The molecule has 0 heterocycles. The lowest BCUT2D eigenvalue weighted by Crippen LogP contribution is -2.44. The van der Waals surface area contributed by atoms with Crippen molar-refractivity contribution in [1.29, 1.82) is 0 Å². The predicted octanol–water partition coefficient (Wildman–Crippen LogP) is 0.337. The molecule has 0 fully saturated rings. The Hall–Kier alpha value is -1.40. The van der Waals surface area contributed by atoms with Crippen molar-refractivity contribution in [3.8, 4) is 0 Å². The number of amides is 1. The molecule has 0 rings (SSSR count). The van der Waals surface area contributed by atoms with Crippen LogP contribution in [-0.2, 0) is 14.3 Å². The van der Waals surface area contributed by atoms with Crippen molar-refractivity contribution in [3.05, 3.63) is 12.3 Å². The van der Waals surface area contributed by atoms with E-state index >= 15 is 0 Å². The maximum absolute atomic E-state index is 11.5. The number of hydrogen-bond acceptors (Lipinski definition) is 5. The molecule has 0 spiro atoms. The van der Waals surface area contributed by atoms with Crippen LogP contribution in [0.1, 0.15) is 34.6 Å². The van der Waals surface area contributed by atoms with Crippen LogP contribution in [0.2, 0.25) is 0 Å². The van der Waals surface area contributed by atoms with E-state index in [0.29, 0.717) is 0 Å². The first-order valence-corrected chi connectivity index (χ1v) is 5.98. The van der Waals surface area contributed by atoms with Gasteiger partial charge in [0.2, 0.25) is 0 Å². The Morgan fingerprint density at radius 3 is 2.21 bits per heavy atom. The van der Waals surface area contributed by atoms with E-state index in [4.69, 9.17) is 9.84 Å². The zero-order chi connectivity index (χ0) is 15.3. The zero-order valence-corrected chi connectivity index (χ0v) is 12.1. The van der Waals surface area contributed by atoms with Crippen LogP contribution in [0.25, 0.3) is 0 Å². The summed E-state index contributed by atoms with van der Waals surface area (Å²) in [5, 5.41) is 21.0. The van der Waals surface area contributed by atoms with Gasteiger partial charge >= 0.3 is 5.97 Å². The molecule has 1 amide bonds. The molecule has 0 aliphatic carbocycles. The quantitative estimate of drug-likeness (QED) is 0.496. The molecule has 1 atom stereocenters. The monoisotopic (exact) mass is 273 g/mol. The maximum Gasteiger partial charge on any atom is 0.332 e. The second-order valence-electron chi connectivity index (χ2n) is 5.92. The van der Waals surface area contributed by atoms with E-state index in [2.05, 4.69) is 5.32 Å². The number of carbonyl (C=O) groups is 2. The van der Waals surface area contributed by atoms with Crippen molar-refractivity contribution in [1.82, 2.24) is 5.32 Å². The number of ether oxygens (including phenoxy) is 1. The molecular weight excluding hydrogens is 250 g/mol. The summed E-state index contributed by atoms with van der Waals surface area (Å²) < 4.78 is 4.99. The molecule has 6 nitrogen and oxygen atoms in total. The molecule has 0 aliphatic heterocycles. The highest BCUT2D eigenvalue weighted by atomic mass is 16.6. The van der Waals surface area contributed by atoms with Crippen LogP contribution in [0.4, 0.5) is 0 Å². The number of carbonyl (C=O) groups excluding carboxylic acids is 2. The van der Waals surface area contributed by atoms with Gasteiger partial charge in [-0.1, -0.05) is 13.8 Å². The number of esters is 1. The van der Waals surface area contributed by atoms with E-state index in [1.54, 1.807) is 34.6 Å². The number of nitrogens with one attached hydrogen (secondary N) is 1. The standard InChI is InChI=1S/C13H23NO5/c1-12(2,3)19-9(16)6-7-14-11(18)10(17)13(4,5)8-15/h6-7,10,15,17H,8H2,1-5H3,(H,14,18)/b7-6-/t10-/m1/s1. The van der Waals surface area contributed by atoms with Gasteiger partial charge in [-0.05, 0) is 20.8 Å². The molecule has 110 valence electrons. The first-order valence-electron chi connectivity index (χ1n) is 5.98. The number of hydrogen-bond donors (Lipinski definition) is 3. The summed E-state index contributed by atoms with van der Waals surface area (Å²) in [6.07, 6.45) is 0.787. The van der Waals surface area contributed by atoms with Gasteiger partial charge in [-0.2, -0.15) is 0 Å². The Balaban J connectivity index is 4.35.